The number of hydrogen-bond donors (Lipinski definition) is 0. The molecule has 0 saturated heterocycles. The van der Waals surface area contributed by atoms with Crippen LogP contribution in [0.1, 0.15) is 13.3 Å². The highest BCUT2D eigenvalue weighted by Gasteiger charge is 2.09. The van der Waals surface area contributed by atoms with Gasteiger partial charge in [0.2, 0.25) is 0 Å². The van der Waals surface area contributed by atoms with Gasteiger partial charge in [-0.05, 0) is 43.3 Å². The lowest BCUT2D eigenvalue weighted by atomic mass is 10.3. The van der Waals surface area contributed by atoms with Gasteiger partial charge in [-0.2, -0.15) is 4.98 Å². The van der Waals surface area contributed by atoms with E-state index in [-0.39, 0.29) is 25.1 Å². The van der Waals surface area contributed by atoms with E-state index in [0.29, 0.717) is 34.2 Å². The summed E-state index contributed by atoms with van der Waals surface area (Å²) in [6.07, 6.45) is 0.339. The number of fused-ring (bicyclic) bond motifs is 1. The molecule has 0 bridgehead atoms. The van der Waals surface area contributed by atoms with Gasteiger partial charge in [-0.3, -0.25) is 4.79 Å². The van der Waals surface area contributed by atoms with Crippen molar-refractivity contribution in [3.63, 3.8) is 0 Å². The number of aromatic nitrogens is 1. The number of ether oxygens (including phenoxy) is 3. The molecule has 0 atom stereocenters. The van der Waals surface area contributed by atoms with Gasteiger partial charge < -0.3 is 18.6 Å². The number of nitrogens with zero attached hydrogens (tertiary/aromatic N) is 1. The number of carbonyl (C=O) groups excluding carboxylic acids is 1. The molecule has 0 unspecified atom stereocenters. The van der Waals surface area contributed by atoms with Crippen LogP contribution in [-0.2, 0) is 9.53 Å². The average Bonchev–Trinajstić information content (AvgIpc) is 2.98. The Morgan fingerprint density at radius 1 is 1.16 bits per heavy atom. The monoisotopic (exact) mass is 361 g/mol. The SMILES string of the molecule is CCOC(=O)CCOc1ccc(Oc2nc3ccc(Cl)cc3o2)cc1. The van der Waals surface area contributed by atoms with Crippen molar-refractivity contribution in [3.05, 3.63) is 47.5 Å². The molecule has 7 heteroatoms. The van der Waals surface area contributed by atoms with Crippen molar-refractivity contribution >= 4 is 28.7 Å². The van der Waals surface area contributed by atoms with Gasteiger partial charge in [0.15, 0.2) is 5.58 Å². The van der Waals surface area contributed by atoms with Crippen LogP contribution >= 0.6 is 11.6 Å². The zero-order valence-electron chi connectivity index (χ0n) is 13.5. The molecular weight excluding hydrogens is 346 g/mol. The minimum atomic E-state index is -0.279. The lowest BCUT2D eigenvalue weighted by Crippen LogP contribution is -2.09. The molecule has 0 fully saturated rings. The summed E-state index contributed by atoms with van der Waals surface area (Å²) in [7, 11) is 0. The van der Waals surface area contributed by atoms with E-state index in [9.17, 15) is 4.79 Å². The molecule has 2 aromatic carbocycles. The van der Waals surface area contributed by atoms with Gasteiger partial charge in [0.05, 0.1) is 19.6 Å². The van der Waals surface area contributed by atoms with E-state index < -0.39 is 0 Å². The van der Waals surface area contributed by atoms with Crippen molar-refractivity contribution < 1.29 is 23.4 Å². The summed E-state index contributed by atoms with van der Waals surface area (Å²) in [4.78, 5) is 15.5. The highest BCUT2D eigenvalue weighted by molar-refractivity contribution is 6.31. The number of halogens is 1. The van der Waals surface area contributed by atoms with E-state index in [0.717, 1.165) is 0 Å². The molecule has 0 aliphatic heterocycles. The first-order chi connectivity index (χ1) is 12.1. The lowest BCUT2D eigenvalue weighted by molar-refractivity contribution is -0.143. The summed E-state index contributed by atoms with van der Waals surface area (Å²) in [6.45, 7) is 2.39. The fourth-order valence-electron chi connectivity index (χ4n) is 2.11. The van der Waals surface area contributed by atoms with Gasteiger partial charge >= 0.3 is 12.0 Å². The van der Waals surface area contributed by atoms with Crippen LogP contribution in [-0.4, -0.2) is 24.2 Å². The van der Waals surface area contributed by atoms with Gasteiger partial charge in [0.25, 0.3) is 0 Å². The lowest BCUT2D eigenvalue weighted by Gasteiger charge is -2.06. The summed E-state index contributed by atoms with van der Waals surface area (Å²) in [5.74, 6) is 0.898. The van der Waals surface area contributed by atoms with Crippen LogP contribution in [0.2, 0.25) is 5.02 Å². The average molecular weight is 362 g/mol. The number of hydrogen-bond acceptors (Lipinski definition) is 6. The Hall–Kier alpha value is -2.73. The van der Waals surface area contributed by atoms with Crippen LogP contribution in [0.5, 0.6) is 17.6 Å². The van der Waals surface area contributed by atoms with Crippen LogP contribution in [0.3, 0.4) is 0 Å². The van der Waals surface area contributed by atoms with Crippen LogP contribution in [0.4, 0.5) is 0 Å². The topological polar surface area (TPSA) is 70.8 Å². The highest BCUT2D eigenvalue weighted by atomic mass is 35.5. The number of esters is 1. The maximum Gasteiger partial charge on any atom is 0.400 e. The largest absolute Gasteiger partial charge is 0.493 e. The Balaban J connectivity index is 1.57. The summed E-state index contributed by atoms with van der Waals surface area (Å²) in [6, 6.07) is 12.1. The Morgan fingerprint density at radius 3 is 2.68 bits per heavy atom. The molecule has 0 saturated carbocycles. The number of oxazole rings is 1. The van der Waals surface area contributed by atoms with Crippen LogP contribution < -0.4 is 9.47 Å². The van der Waals surface area contributed by atoms with Gasteiger partial charge in [-0.15, -0.1) is 0 Å². The first-order valence-corrected chi connectivity index (χ1v) is 8.14. The Morgan fingerprint density at radius 2 is 1.92 bits per heavy atom. The van der Waals surface area contributed by atoms with Gasteiger partial charge in [-0.1, -0.05) is 11.6 Å². The van der Waals surface area contributed by atoms with Crippen molar-refractivity contribution in [1.82, 2.24) is 4.98 Å². The van der Waals surface area contributed by atoms with Crippen molar-refractivity contribution in [1.29, 1.82) is 0 Å². The summed E-state index contributed by atoms with van der Waals surface area (Å²) in [5.41, 5.74) is 1.22. The van der Waals surface area contributed by atoms with Crippen molar-refractivity contribution in [2.75, 3.05) is 13.2 Å². The molecule has 0 amide bonds. The molecule has 0 spiro atoms. The van der Waals surface area contributed by atoms with E-state index >= 15 is 0 Å². The smallest absolute Gasteiger partial charge is 0.400 e. The van der Waals surface area contributed by atoms with Gasteiger partial charge in [-0.25, -0.2) is 0 Å². The van der Waals surface area contributed by atoms with E-state index in [2.05, 4.69) is 4.98 Å². The van der Waals surface area contributed by atoms with Gasteiger partial charge in [0.1, 0.15) is 17.0 Å². The van der Waals surface area contributed by atoms with Crippen molar-refractivity contribution in [2.24, 2.45) is 0 Å². The molecule has 0 aliphatic carbocycles. The number of rotatable bonds is 7. The Bertz CT molecular complexity index is 860. The molecular formula is C18H16ClNO5. The Labute approximate surface area is 149 Å². The normalized spacial score (nSPS) is 10.6. The second-order valence-corrected chi connectivity index (χ2v) is 5.51. The van der Waals surface area contributed by atoms with Crippen LogP contribution in [0.15, 0.2) is 46.9 Å². The minimum Gasteiger partial charge on any atom is -0.493 e. The standard InChI is InChI=1S/C18H16ClNO5/c1-2-22-17(21)9-10-23-13-4-6-14(7-5-13)24-18-20-15-8-3-12(19)11-16(15)25-18/h3-8,11H,2,9-10H2,1H3. The quantitative estimate of drug-likeness (QED) is 0.572. The van der Waals surface area contributed by atoms with Crippen LogP contribution in [0.25, 0.3) is 11.1 Å². The van der Waals surface area contributed by atoms with Crippen LogP contribution in [0, 0.1) is 0 Å². The molecule has 25 heavy (non-hydrogen) atoms. The maximum atomic E-state index is 11.2. The zero-order chi connectivity index (χ0) is 17.6. The van der Waals surface area contributed by atoms with E-state index in [1.807, 2.05) is 0 Å². The molecule has 1 heterocycles. The molecule has 6 nitrogen and oxygen atoms in total. The second kappa shape index (κ2) is 7.90. The third kappa shape index (κ3) is 4.64. The number of benzene rings is 2. The van der Waals surface area contributed by atoms with E-state index in [1.54, 1.807) is 49.4 Å². The second-order valence-electron chi connectivity index (χ2n) is 5.07. The van der Waals surface area contributed by atoms with Crippen molar-refractivity contribution in [3.8, 4) is 17.6 Å². The van der Waals surface area contributed by atoms with Crippen molar-refractivity contribution in [2.45, 2.75) is 13.3 Å². The van der Waals surface area contributed by atoms with E-state index in [1.165, 1.54) is 0 Å². The molecule has 3 aromatic rings. The number of carbonyl (C=O) groups is 1. The third-order valence-corrected chi connectivity index (χ3v) is 3.48. The molecule has 0 radical (unpaired) electrons. The fraction of sp³-hybridized carbons (Fsp3) is 0.222. The first-order valence-electron chi connectivity index (χ1n) is 7.76. The molecule has 0 N–H and O–H groups in total. The summed E-state index contributed by atoms with van der Waals surface area (Å²) in [5, 5.41) is 0.569. The van der Waals surface area contributed by atoms with E-state index in [4.69, 9.17) is 30.2 Å². The molecule has 1 aromatic heterocycles. The molecule has 0 aliphatic rings. The minimum absolute atomic E-state index is 0.133. The Kier molecular flexibility index (Phi) is 5.40. The fourth-order valence-corrected chi connectivity index (χ4v) is 2.27. The zero-order valence-corrected chi connectivity index (χ0v) is 14.3. The molecule has 130 valence electrons. The first kappa shape index (κ1) is 17.1. The predicted octanol–water partition coefficient (Wildman–Crippen LogP) is 4.61. The molecule has 3 rings (SSSR count). The highest BCUT2D eigenvalue weighted by Crippen LogP contribution is 2.28. The predicted molar refractivity (Wildman–Crippen MR) is 92.3 cm³/mol. The third-order valence-electron chi connectivity index (χ3n) is 3.24. The van der Waals surface area contributed by atoms with Gasteiger partial charge in [0, 0.05) is 11.1 Å². The maximum absolute atomic E-state index is 11.2. The summed E-state index contributed by atoms with van der Waals surface area (Å²) >= 11 is 5.91. The summed E-state index contributed by atoms with van der Waals surface area (Å²) < 4.78 is 21.4.